The first kappa shape index (κ1) is 9.38. The first-order valence-electron chi connectivity index (χ1n) is 5.36. The Labute approximate surface area is 85.2 Å². The van der Waals surface area contributed by atoms with E-state index in [1.165, 1.54) is 12.8 Å². The molecule has 1 aliphatic heterocycles. The van der Waals surface area contributed by atoms with E-state index in [-0.39, 0.29) is 0 Å². The van der Waals surface area contributed by atoms with Gasteiger partial charge in [-0.25, -0.2) is 4.99 Å². The lowest BCUT2D eigenvalue weighted by Crippen LogP contribution is -2.23. The third-order valence-electron chi connectivity index (χ3n) is 2.59. The number of hydrogen-bond acceptors (Lipinski definition) is 2. The van der Waals surface area contributed by atoms with Crippen molar-refractivity contribution in [2.24, 2.45) is 15.9 Å². The first-order chi connectivity index (χ1) is 6.90. The van der Waals surface area contributed by atoms with Crippen molar-refractivity contribution in [2.75, 3.05) is 0 Å². The van der Waals surface area contributed by atoms with E-state index < -0.39 is 0 Å². The zero-order chi connectivity index (χ0) is 9.80. The predicted molar refractivity (Wildman–Crippen MR) is 61.0 cm³/mol. The van der Waals surface area contributed by atoms with Gasteiger partial charge < -0.3 is 0 Å². The minimum atomic E-state index is 0.310. The fourth-order valence-corrected chi connectivity index (χ4v) is 1.72. The number of allylic oxidation sites excluding steroid dienone is 2. The molecule has 2 aliphatic rings. The van der Waals surface area contributed by atoms with Crippen LogP contribution in [-0.2, 0) is 0 Å². The maximum Gasteiger partial charge on any atom is 0.123 e. The molecule has 0 N–H and O–H groups in total. The molecule has 14 heavy (non-hydrogen) atoms. The van der Waals surface area contributed by atoms with E-state index in [2.05, 4.69) is 41.2 Å². The average molecular weight is 188 g/mol. The largest absolute Gasteiger partial charge is 0.262 e. The van der Waals surface area contributed by atoms with E-state index in [1.54, 1.807) is 0 Å². The number of rotatable bonds is 3. The normalized spacial score (nSPS) is 28.8. The number of nitrogens with zero attached hydrogens (tertiary/aromatic N) is 2. The van der Waals surface area contributed by atoms with E-state index in [9.17, 15) is 0 Å². The second kappa shape index (κ2) is 4.36. The van der Waals surface area contributed by atoms with Crippen LogP contribution in [0, 0.1) is 5.92 Å². The zero-order valence-corrected chi connectivity index (χ0v) is 8.56. The summed E-state index contributed by atoms with van der Waals surface area (Å²) >= 11 is 0. The maximum atomic E-state index is 4.62. The summed E-state index contributed by atoms with van der Waals surface area (Å²) < 4.78 is 0. The lowest BCUT2D eigenvalue weighted by Gasteiger charge is -2.21. The fourth-order valence-electron chi connectivity index (χ4n) is 1.72. The van der Waals surface area contributed by atoms with Crippen molar-refractivity contribution >= 4 is 12.1 Å². The molecule has 0 amide bonds. The Kier molecular flexibility index (Phi) is 2.92. The van der Waals surface area contributed by atoms with Crippen molar-refractivity contribution in [3.8, 4) is 0 Å². The highest BCUT2D eigenvalue weighted by atomic mass is 15.0. The van der Waals surface area contributed by atoms with Gasteiger partial charge in [0.1, 0.15) is 5.84 Å². The van der Waals surface area contributed by atoms with Crippen LogP contribution >= 0.6 is 0 Å². The van der Waals surface area contributed by atoms with E-state index in [4.69, 9.17) is 0 Å². The third-order valence-corrected chi connectivity index (χ3v) is 2.59. The number of hydrogen-bond donors (Lipinski definition) is 0. The highest BCUT2D eigenvalue weighted by molar-refractivity contribution is 5.93. The third kappa shape index (κ3) is 2.00. The lowest BCUT2D eigenvalue weighted by atomic mass is 9.95. The first-order valence-corrected chi connectivity index (χ1v) is 5.36. The molecule has 1 heterocycles. The van der Waals surface area contributed by atoms with Crippen LogP contribution < -0.4 is 0 Å². The van der Waals surface area contributed by atoms with Crippen molar-refractivity contribution in [2.45, 2.75) is 32.2 Å². The molecule has 1 aliphatic carbocycles. The Morgan fingerprint density at radius 2 is 2.14 bits per heavy atom. The van der Waals surface area contributed by atoms with Crippen molar-refractivity contribution in [3.63, 3.8) is 0 Å². The minimum absolute atomic E-state index is 0.310. The molecule has 2 heteroatoms. The Hall–Kier alpha value is -1.18. The van der Waals surface area contributed by atoms with Crippen molar-refractivity contribution in [3.05, 3.63) is 24.3 Å². The average Bonchev–Trinajstić information content (AvgIpc) is 2.26. The molecule has 2 rings (SSSR count). The summed E-state index contributed by atoms with van der Waals surface area (Å²) in [5.74, 6) is 1.42. The zero-order valence-electron chi connectivity index (χ0n) is 8.56. The van der Waals surface area contributed by atoms with Crippen LogP contribution in [-0.4, -0.2) is 18.1 Å². The SMILES string of the molecule is CCCCC1=NC2C=CC=CC2C=N1. The standard InChI is InChI=1S/C12H16N2/c1-2-3-8-12-13-9-10-6-4-5-7-11(10)14-12/h4-7,9-11H,2-3,8H2,1H3. The van der Waals surface area contributed by atoms with Gasteiger partial charge in [0.05, 0.1) is 6.04 Å². The maximum absolute atomic E-state index is 4.62. The van der Waals surface area contributed by atoms with E-state index >= 15 is 0 Å². The quantitative estimate of drug-likeness (QED) is 0.650. The van der Waals surface area contributed by atoms with Gasteiger partial charge in [-0.15, -0.1) is 0 Å². The van der Waals surface area contributed by atoms with Crippen LogP contribution in [0.1, 0.15) is 26.2 Å². The summed E-state index contributed by atoms with van der Waals surface area (Å²) in [6, 6.07) is 0.310. The predicted octanol–water partition coefficient (Wildman–Crippen LogP) is 2.77. The number of fused-ring (bicyclic) bond motifs is 1. The minimum Gasteiger partial charge on any atom is -0.262 e. The molecule has 0 bridgehead atoms. The topological polar surface area (TPSA) is 24.7 Å². The van der Waals surface area contributed by atoms with Gasteiger partial charge in [0.2, 0.25) is 0 Å². The smallest absolute Gasteiger partial charge is 0.123 e. The molecule has 0 aromatic heterocycles. The molecular weight excluding hydrogens is 172 g/mol. The molecule has 0 aromatic rings. The molecule has 74 valence electrons. The molecule has 0 spiro atoms. The van der Waals surface area contributed by atoms with Crippen molar-refractivity contribution in [1.29, 1.82) is 0 Å². The Morgan fingerprint density at radius 1 is 1.29 bits per heavy atom. The van der Waals surface area contributed by atoms with Crippen LogP contribution in [0.15, 0.2) is 34.3 Å². The molecule has 0 radical (unpaired) electrons. The van der Waals surface area contributed by atoms with Crippen LogP contribution in [0.25, 0.3) is 0 Å². The van der Waals surface area contributed by atoms with Crippen LogP contribution in [0.5, 0.6) is 0 Å². The highest BCUT2D eigenvalue weighted by Gasteiger charge is 2.19. The summed E-state index contributed by atoms with van der Waals surface area (Å²) in [6.45, 7) is 2.19. The second-order valence-electron chi connectivity index (χ2n) is 3.76. The van der Waals surface area contributed by atoms with Crippen LogP contribution in [0.4, 0.5) is 0 Å². The van der Waals surface area contributed by atoms with Gasteiger partial charge in [-0.1, -0.05) is 37.6 Å². The number of aliphatic imine (C=N–C) groups is 2. The summed E-state index contributed by atoms with van der Waals surface area (Å²) in [4.78, 5) is 9.01. The molecule has 2 atom stereocenters. The summed E-state index contributed by atoms with van der Waals surface area (Å²) in [6.07, 6.45) is 13.9. The second-order valence-corrected chi connectivity index (χ2v) is 3.76. The Balaban J connectivity index is 2.02. The summed E-state index contributed by atoms with van der Waals surface area (Å²) in [5.41, 5.74) is 0. The molecule has 2 nitrogen and oxygen atoms in total. The monoisotopic (exact) mass is 188 g/mol. The number of amidine groups is 1. The molecule has 0 saturated heterocycles. The van der Waals surface area contributed by atoms with Crippen molar-refractivity contribution in [1.82, 2.24) is 0 Å². The molecule has 0 aromatic carbocycles. The van der Waals surface area contributed by atoms with Gasteiger partial charge >= 0.3 is 0 Å². The molecular formula is C12H16N2. The van der Waals surface area contributed by atoms with E-state index in [0.29, 0.717) is 12.0 Å². The van der Waals surface area contributed by atoms with Gasteiger partial charge in [0, 0.05) is 18.6 Å². The Bertz CT molecular complexity index is 310. The van der Waals surface area contributed by atoms with Gasteiger partial charge in [-0.05, 0) is 6.42 Å². The fraction of sp³-hybridized carbons (Fsp3) is 0.500. The Morgan fingerprint density at radius 3 is 3.00 bits per heavy atom. The molecule has 0 saturated carbocycles. The van der Waals surface area contributed by atoms with Crippen LogP contribution in [0.3, 0.4) is 0 Å². The lowest BCUT2D eigenvalue weighted by molar-refractivity contribution is 0.709. The number of unbranched alkanes of at least 4 members (excludes halogenated alkanes) is 1. The summed E-state index contributed by atoms with van der Waals surface area (Å²) in [7, 11) is 0. The highest BCUT2D eigenvalue weighted by Crippen LogP contribution is 2.19. The van der Waals surface area contributed by atoms with Gasteiger partial charge in [-0.2, -0.15) is 0 Å². The van der Waals surface area contributed by atoms with Crippen molar-refractivity contribution < 1.29 is 0 Å². The molecule has 0 fully saturated rings. The molecule has 2 unspecified atom stereocenters. The summed E-state index contributed by atoms with van der Waals surface area (Å²) in [5, 5.41) is 0. The van der Waals surface area contributed by atoms with Gasteiger partial charge in [0.15, 0.2) is 0 Å². The van der Waals surface area contributed by atoms with E-state index in [0.717, 1.165) is 12.3 Å². The van der Waals surface area contributed by atoms with Gasteiger partial charge in [0.25, 0.3) is 0 Å². The van der Waals surface area contributed by atoms with Gasteiger partial charge in [-0.3, -0.25) is 4.99 Å². The van der Waals surface area contributed by atoms with E-state index in [1.807, 2.05) is 6.21 Å². The van der Waals surface area contributed by atoms with Crippen LogP contribution in [0.2, 0.25) is 0 Å².